The molecule has 3 fully saturated rings. The summed E-state index contributed by atoms with van der Waals surface area (Å²) in [6.07, 6.45) is 3.74. The van der Waals surface area contributed by atoms with Gasteiger partial charge in [-0.1, -0.05) is 18.0 Å². The number of piperidine rings is 1. The van der Waals surface area contributed by atoms with Crippen LogP contribution < -0.4 is 14.4 Å². The Morgan fingerprint density at radius 2 is 2.11 bits per heavy atom. The van der Waals surface area contributed by atoms with Crippen molar-refractivity contribution in [2.75, 3.05) is 58.5 Å². The molecular formula is C32H38ClF2N7O4. The Labute approximate surface area is 270 Å². The number of likely N-dealkylation sites (tertiary alicyclic amines) is 1. The first-order valence-corrected chi connectivity index (χ1v) is 16.0. The summed E-state index contributed by atoms with van der Waals surface area (Å²) >= 11 is 6.80. The van der Waals surface area contributed by atoms with Crippen molar-refractivity contribution in [2.24, 2.45) is 5.41 Å². The highest BCUT2D eigenvalue weighted by molar-refractivity contribution is 6.35. The van der Waals surface area contributed by atoms with Crippen molar-refractivity contribution in [3.05, 3.63) is 28.7 Å². The number of anilines is 1. The Morgan fingerprint density at radius 3 is 2.91 bits per heavy atom. The van der Waals surface area contributed by atoms with E-state index in [1.165, 1.54) is 7.11 Å². The first kappa shape index (κ1) is 31.2. The number of aryl methyl sites for hydroxylation is 1. The number of aromatic amines is 1. The van der Waals surface area contributed by atoms with Gasteiger partial charge in [0.2, 0.25) is 5.88 Å². The summed E-state index contributed by atoms with van der Waals surface area (Å²) in [6.45, 7) is 5.00. The fourth-order valence-corrected chi connectivity index (χ4v) is 8.00. The van der Waals surface area contributed by atoms with E-state index in [1.54, 1.807) is 13.1 Å². The lowest BCUT2D eigenvalue weighted by Crippen LogP contribution is -2.54. The van der Waals surface area contributed by atoms with Gasteiger partial charge in [0.1, 0.15) is 34.2 Å². The highest BCUT2D eigenvalue weighted by Gasteiger charge is 2.50. The Morgan fingerprint density at radius 1 is 1.28 bits per heavy atom. The van der Waals surface area contributed by atoms with Gasteiger partial charge in [0.05, 0.1) is 50.2 Å². The topological polar surface area (TPSA) is 122 Å². The van der Waals surface area contributed by atoms with Crippen LogP contribution in [0.5, 0.6) is 11.9 Å². The molecule has 1 saturated carbocycles. The van der Waals surface area contributed by atoms with Gasteiger partial charge < -0.3 is 24.2 Å². The molecule has 46 heavy (non-hydrogen) atoms. The van der Waals surface area contributed by atoms with E-state index in [1.807, 2.05) is 24.9 Å². The van der Waals surface area contributed by atoms with Crippen LogP contribution >= 0.6 is 11.6 Å². The van der Waals surface area contributed by atoms with Gasteiger partial charge in [-0.2, -0.15) is 15.1 Å². The molecule has 1 aromatic carbocycles. The number of rotatable bonds is 6. The second-order valence-corrected chi connectivity index (χ2v) is 13.7. The summed E-state index contributed by atoms with van der Waals surface area (Å²) in [5.74, 6) is -0.375. The minimum Gasteiger partial charge on any atom is -0.480 e. The van der Waals surface area contributed by atoms with E-state index >= 15 is 4.39 Å². The maximum atomic E-state index is 17.0. The molecule has 4 aromatic rings. The number of pyridine rings is 1. The second kappa shape index (κ2) is 11.7. The molecule has 2 aliphatic heterocycles. The third kappa shape index (κ3) is 5.30. The summed E-state index contributed by atoms with van der Waals surface area (Å²) in [4.78, 5) is 17.9. The summed E-state index contributed by atoms with van der Waals surface area (Å²) in [5, 5.41) is 19.2. The van der Waals surface area contributed by atoms with E-state index in [2.05, 4.69) is 25.1 Å². The van der Waals surface area contributed by atoms with Gasteiger partial charge in [-0.3, -0.25) is 10.00 Å². The van der Waals surface area contributed by atoms with Crippen molar-refractivity contribution < 1.29 is 28.1 Å². The van der Waals surface area contributed by atoms with Crippen LogP contribution in [0.25, 0.3) is 33.1 Å². The number of aliphatic hydroxyl groups is 1. The fraction of sp³-hybridized carbons (Fsp3) is 0.562. The molecule has 2 unspecified atom stereocenters. The number of hydrogen-bond acceptors (Lipinski definition) is 10. The van der Waals surface area contributed by atoms with Gasteiger partial charge in [-0.05, 0) is 51.8 Å². The number of methoxy groups -OCH3 is 1. The number of ether oxygens (including phenoxy) is 3. The Balaban J connectivity index is 1.41. The highest BCUT2D eigenvalue weighted by atomic mass is 35.5. The molecule has 14 heteroatoms. The van der Waals surface area contributed by atoms with E-state index in [0.29, 0.717) is 53.2 Å². The maximum absolute atomic E-state index is 17.0. The average molecular weight is 658 g/mol. The van der Waals surface area contributed by atoms with Crippen LogP contribution in [0.15, 0.2) is 12.3 Å². The van der Waals surface area contributed by atoms with Crippen LogP contribution in [0.2, 0.25) is 5.02 Å². The third-order valence-corrected chi connectivity index (χ3v) is 10.2. The van der Waals surface area contributed by atoms with Crippen molar-refractivity contribution in [3.63, 3.8) is 0 Å². The largest absolute Gasteiger partial charge is 0.480 e. The van der Waals surface area contributed by atoms with Crippen LogP contribution in [-0.4, -0.2) is 107 Å². The molecule has 4 atom stereocenters. The van der Waals surface area contributed by atoms with E-state index in [9.17, 15) is 9.50 Å². The minimum atomic E-state index is -1.21. The maximum Gasteiger partial charge on any atom is 0.319 e. The second-order valence-electron chi connectivity index (χ2n) is 13.3. The molecule has 0 radical (unpaired) electrons. The molecule has 7 rings (SSSR count). The monoisotopic (exact) mass is 657 g/mol. The quantitative estimate of drug-likeness (QED) is 0.297. The molecule has 2 N–H and O–H groups in total. The lowest BCUT2D eigenvalue weighted by molar-refractivity contribution is -0.0244. The Kier molecular flexibility index (Phi) is 7.94. The number of nitrogens with one attached hydrogen (secondary N) is 1. The van der Waals surface area contributed by atoms with Gasteiger partial charge in [0.25, 0.3) is 0 Å². The van der Waals surface area contributed by atoms with Crippen LogP contribution in [0.1, 0.15) is 38.2 Å². The SMILES string of the molecule is COc1nc(-c2c(Cl)c(C)cc3[nH]ncc23)c(F)c2nc(OCC34CCCC3N(C)C[C@@H](F)C4)nc(N3CCOC[C@@](C)(O)C3)c12. The lowest BCUT2D eigenvalue weighted by atomic mass is 9.75. The van der Waals surface area contributed by atoms with Gasteiger partial charge in [0.15, 0.2) is 5.82 Å². The zero-order valence-corrected chi connectivity index (χ0v) is 27.1. The molecule has 2 saturated heterocycles. The Hall–Kier alpha value is -3.39. The number of halogens is 3. The van der Waals surface area contributed by atoms with E-state index in [4.69, 9.17) is 30.8 Å². The van der Waals surface area contributed by atoms with Crippen molar-refractivity contribution >= 4 is 39.2 Å². The zero-order valence-electron chi connectivity index (χ0n) is 26.4. The Bertz CT molecular complexity index is 1810. The molecule has 3 aromatic heterocycles. The van der Waals surface area contributed by atoms with Crippen molar-refractivity contribution in [3.8, 4) is 23.1 Å². The number of aromatic nitrogens is 5. The minimum absolute atomic E-state index is 0.0575. The molecule has 3 aliphatic rings. The van der Waals surface area contributed by atoms with Crippen molar-refractivity contribution in [2.45, 2.75) is 57.3 Å². The summed E-state index contributed by atoms with van der Waals surface area (Å²) in [5.41, 5.74) is -0.0298. The first-order valence-electron chi connectivity index (χ1n) is 15.6. The fourth-order valence-electron chi connectivity index (χ4n) is 7.75. The van der Waals surface area contributed by atoms with Crippen LogP contribution in [0.3, 0.4) is 0 Å². The number of alkyl halides is 1. The average Bonchev–Trinajstić information content (AvgIpc) is 3.61. The van der Waals surface area contributed by atoms with Gasteiger partial charge in [0, 0.05) is 35.5 Å². The lowest BCUT2D eigenvalue weighted by Gasteiger charge is -2.45. The molecule has 246 valence electrons. The number of benzene rings is 1. The van der Waals surface area contributed by atoms with Crippen molar-refractivity contribution in [1.29, 1.82) is 0 Å². The predicted octanol–water partition coefficient (Wildman–Crippen LogP) is 4.86. The van der Waals surface area contributed by atoms with Crippen LogP contribution in [-0.2, 0) is 4.74 Å². The molecule has 0 bridgehead atoms. The normalized spacial score (nSPS) is 27.3. The van der Waals surface area contributed by atoms with Crippen molar-refractivity contribution in [1.82, 2.24) is 30.0 Å². The number of hydrogen-bond donors (Lipinski definition) is 2. The number of nitrogens with zero attached hydrogens (tertiary/aromatic N) is 6. The van der Waals surface area contributed by atoms with Gasteiger partial charge >= 0.3 is 6.01 Å². The van der Waals surface area contributed by atoms with Gasteiger partial charge in [-0.25, -0.2) is 13.8 Å². The molecule has 0 amide bonds. The van der Waals surface area contributed by atoms with E-state index in [-0.39, 0.29) is 60.1 Å². The molecule has 1 aliphatic carbocycles. The van der Waals surface area contributed by atoms with E-state index in [0.717, 1.165) is 19.3 Å². The van der Waals surface area contributed by atoms with Crippen LogP contribution in [0, 0.1) is 18.2 Å². The standard InChI is InChI=1S/C32H38ClF2N7O4/c1-17-10-20-19(12-36-40-20)22(24(17)33)26-25(35)27-23(29(37-26)44-4)28(42-8-9-45-15-31(2,43)14-42)39-30(38-27)46-16-32-7-5-6-21(32)41(3)13-18(34)11-32/h10,12,18,21,43H,5-9,11,13-16H2,1-4H3,(H,36,40)/t18-,21?,31-,32?/m0/s1. The smallest absolute Gasteiger partial charge is 0.319 e. The highest BCUT2D eigenvalue weighted by Crippen LogP contribution is 2.48. The number of β-amino-alcohol motifs (C(OH)–C–C–N with tert-alkyl or cyclic N) is 1. The molecule has 0 spiro atoms. The summed E-state index contributed by atoms with van der Waals surface area (Å²) in [7, 11) is 3.40. The molecule has 5 heterocycles. The zero-order chi connectivity index (χ0) is 32.4. The predicted molar refractivity (Wildman–Crippen MR) is 170 cm³/mol. The number of H-pyrrole nitrogens is 1. The number of fused-ring (bicyclic) bond motifs is 3. The van der Waals surface area contributed by atoms with Gasteiger partial charge in [-0.15, -0.1) is 0 Å². The summed E-state index contributed by atoms with van der Waals surface area (Å²) in [6, 6.07) is 1.95. The molecular weight excluding hydrogens is 620 g/mol. The van der Waals surface area contributed by atoms with Crippen LogP contribution in [0.4, 0.5) is 14.6 Å². The molecule has 11 nitrogen and oxygen atoms in total. The van der Waals surface area contributed by atoms with E-state index < -0.39 is 23.0 Å². The first-order chi connectivity index (χ1) is 22.0. The third-order valence-electron chi connectivity index (χ3n) is 9.75. The summed E-state index contributed by atoms with van der Waals surface area (Å²) < 4.78 is 49.7.